The van der Waals surface area contributed by atoms with Crippen LogP contribution in [0.25, 0.3) is 11.1 Å². The van der Waals surface area contributed by atoms with E-state index in [1.165, 1.54) is 31.7 Å². The molecule has 2 bridgehead atoms. The molecule has 2 fully saturated rings. The number of hydrogen-bond donors (Lipinski definition) is 2. The molecule has 6 heteroatoms. The number of hydrogen-bond acceptors (Lipinski definition) is 3. The second-order valence-electron chi connectivity index (χ2n) is 9.87. The second-order valence-corrected chi connectivity index (χ2v) is 10.3. The van der Waals surface area contributed by atoms with E-state index in [2.05, 4.69) is 24.1 Å². The first kappa shape index (κ1) is 21.8. The van der Waals surface area contributed by atoms with Crippen LogP contribution in [0.5, 0.6) is 0 Å². The van der Waals surface area contributed by atoms with Crippen molar-refractivity contribution in [1.29, 1.82) is 0 Å². The molecule has 164 valence electrons. The maximum atomic E-state index is 13.0. The van der Waals surface area contributed by atoms with Gasteiger partial charge in [0.2, 0.25) is 0 Å². The Hall–Kier alpha value is -2.40. The van der Waals surface area contributed by atoms with Gasteiger partial charge >= 0.3 is 5.97 Å². The number of amides is 1. The number of carbonyl (C=O) groups excluding carboxylic acids is 1. The number of benzene rings is 1. The van der Waals surface area contributed by atoms with Gasteiger partial charge in [-0.3, -0.25) is 9.78 Å². The SMILES string of the molecule is CC1CC2CC(C1)CC(C)(CNC(=O)c1cc(-c3ccncc3C(=O)O)ccc1Cl)C2. The smallest absolute Gasteiger partial charge is 0.337 e. The van der Waals surface area contributed by atoms with E-state index in [0.29, 0.717) is 28.3 Å². The van der Waals surface area contributed by atoms with Gasteiger partial charge in [0, 0.05) is 18.9 Å². The molecule has 2 N–H and O–H groups in total. The van der Waals surface area contributed by atoms with Crippen molar-refractivity contribution in [2.45, 2.75) is 46.0 Å². The Morgan fingerprint density at radius 3 is 2.55 bits per heavy atom. The van der Waals surface area contributed by atoms with Crippen molar-refractivity contribution in [3.05, 3.63) is 52.8 Å². The number of pyridine rings is 1. The summed E-state index contributed by atoms with van der Waals surface area (Å²) in [6, 6.07) is 6.67. The summed E-state index contributed by atoms with van der Waals surface area (Å²) in [7, 11) is 0. The molecule has 2 atom stereocenters. The van der Waals surface area contributed by atoms with Gasteiger partial charge in [0.25, 0.3) is 5.91 Å². The highest BCUT2D eigenvalue weighted by Gasteiger charge is 2.41. The van der Waals surface area contributed by atoms with Crippen molar-refractivity contribution in [3.8, 4) is 11.1 Å². The Kier molecular flexibility index (Phi) is 6.07. The van der Waals surface area contributed by atoms with Gasteiger partial charge < -0.3 is 10.4 Å². The fourth-order valence-electron chi connectivity index (χ4n) is 5.93. The molecule has 2 unspecified atom stereocenters. The van der Waals surface area contributed by atoms with E-state index in [1.54, 1.807) is 24.3 Å². The van der Waals surface area contributed by atoms with Crippen LogP contribution in [0.2, 0.25) is 5.02 Å². The van der Waals surface area contributed by atoms with E-state index >= 15 is 0 Å². The third kappa shape index (κ3) is 4.77. The van der Waals surface area contributed by atoms with Crippen molar-refractivity contribution >= 4 is 23.5 Å². The molecule has 1 aromatic heterocycles. The molecule has 2 aromatic rings. The predicted molar refractivity (Wildman–Crippen MR) is 121 cm³/mol. The first-order chi connectivity index (χ1) is 14.7. The van der Waals surface area contributed by atoms with Gasteiger partial charge in [0.15, 0.2) is 0 Å². The average molecular weight is 441 g/mol. The van der Waals surface area contributed by atoms with Gasteiger partial charge in [-0.1, -0.05) is 31.5 Å². The molecule has 1 heterocycles. The summed E-state index contributed by atoms with van der Waals surface area (Å²) in [6.07, 6.45) is 9.09. The maximum Gasteiger partial charge on any atom is 0.337 e. The highest BCUT2D eigenvalue weighted by atomic mass is 35.5. The number of fused-ring (bicyclic) bond motifs is 2. The molecule has 31 heavy (non-hydrogen) atoms. The van der Waals surface area contributed by atoms with Gasteiger partial charge in [0.05, 0.1) is 16.1 Å². The number of carboxylic acid groups (broad SMARTS) is 1. The molecular weight excluding hydrogens is 412 g/mol. The lowest BCUT2D eigenvalue weighted by atomic mass is 9.59. The van der Waals surface area contributed by atoms with E-state index in [9.17, 15) is 14.7 Å². The van der Waals surface area contributed by atoms with Crippen LogP contribution < -0.4 is 5.32 Å². The molecule has 1 aromatic carbocycles. The van der Waals surface area contributed by atoms with E-state index in [1.807, 2.05) is 0 Å². The topological polar surface area (TPSA) is 79.3 Å². The van der Waals surface area contributed by atoms with Crippen LogP contribution in [0.4, 0.5) is 0 Å². The van der Waals surface area contributed by atoms with Gasteiger partial charge in [-0.2, -0.15) is 0 Å². The molecule has 2 aliphatic rings. The lowest BCUT2D eigenvalue weighted by Crippen LogP contribution is -2.43. The minimum absolute atomic E-state index is 0.0895. The largest absolute Gasteiger partial charge is 0.478 e. The Morgan fingerprint density at radius 1 is 1.16 bits per heavy atom. The van der Waals surface area contributed by atoms with Gasteiger partial charge in [-0.15, -0.1) is 0 Å². The highest BCUT2D eigenvalue weighted by Crippen LogP contribution is 2.49. The quantitative estimate of drug-likeness (QED) is 0.626. The van der Waals surface area contributed by atoms with Crippen LogP contribution in [0, 0.1) is 23.2 Å². The summed E-state index contributed by atoms with van der Waals surface area (Å²) < 4.78 is 0. The zero-order chi connectivity index (χ0) is 22.2. The Morgan fingerprint density at radius 2 is 1.87 bits per heavy atom. The monoisotopic (exact) mass is 440 g/mol. The van der Waals surface area contributed by atoms with Crippen LogP contribution in [-0.2, 0) is 0 Å². The predicted octanol–water partition coefficient (Wildman–Crippen LogP) is 5.68. The molecule has 0 spiro atoms. The number of nitrogens with one attached hydrogen (secondary N) is 1. The average Bonchev–Trinajstić information content (AvgIpc) is 2.71. The Bertz CT molecular complexity index is 988. The zero-order valence-electron chi connectivity index (χ0n) is 18.0. The number of nitrogens with zero attached hydrogens (tertiary/aromatic N) is 1. The van der Waals surface area contributed by atoms with E-state index in [0.717, 1.165) is 30.6 Å². The summed E-state index contributed by atoms with van der Waals surface area (Å²) in [4.78, 5) is 28.5. The molecule has 5 nitrogen and oxygen atoms in total. The van der Waals surface area contributed by atoms with Crippen molar-refractivity contribution in [2.75, 3.05) is 6.54 Å². The number of aromatic nitrogens is 1. The van der Waals surface area contributed by atoms with Crippen molar-refractivity contribution in [2.24, 2.45) is 23.2 Å². The first-order valence-electron chi connectivity index (χ1n) is 11.0. The number of aromatic carboxylic acids is 1. The number of halogens is 1. The Balaban J connectivity index is 1.51. The minimum Gasteiger partial charge on any atom is -0.478 e. The van der Waals surface area contributed by atoms with Gasteiger partial charge in [0.1, 0.15) is 0 Å². The van der Waals surface area contributed by atoms with Crippen LogP contribution >= 0.6 is 11.6 Å². The zero-order valence-corrected chi connectivity index (χ0v) is 18.8. The third-order valence-electron chi connectivity index (χ3n) is 6.95. The molecule has 2 saturated carbocycles. The standard InChI is InChI=1S/C25H29ClN2O3/c1-15-7-16-9-17(8-15)12-25(2,11-16)14-28-23(29)20-10-18(3-4-22(20)26)19-5-6-27-13-21(19)24(30)31/h3-6,10,13,15-17H,7-9,11-12,14H2,1-2H3,(H,28,29)(H,30,31). The Labute approximate surface area is 188 Å². The fraction of sp³-hybridized carbons (Fsp3) is 0.480. The fourth-order valence-corrected chi connectivity index (χ4v) is 6.13. The summed E-state index contributed by atoms with van der Waals surface area (Å²) >= 11 is 6.34. The molecule has 0 aliphatic heterocycles. The summed E-state index contributed by atoms with van der Waals surface area (Å²) in [5, 5.41) is 12.9. The summed E-state index contributed by atoms with van der Waals surface area (Å²) in [5.74, 6) is 1.06. The van der Waals surface area contributed by atoms with Gasteiger partial charge in [-0.05, 0) is 84.6 Å². The lowest BCUT2D eigenvalue weighted by Gasteiger charge is -2.47. The van der Waals surface area contributed by atoms with E-state index in [-0.39, 0.29) is 16.9 Å². The molecule has 0 radical (unpaired) electrons. The summed E-state index contributed by atoms with van der Waals surface area (Å²) in [5.41, 5.74) is 1.69. The summed E-state index contributed by atoms with van der Waals surface area (Å²) in [6.45, 7) is 5.27. The normalized spacial score (nSPS) is 27.5. The van der Waals surface area contributed by atoms with E-state index < -0.39 is 5.97 Å². The minimum atomic E-state index is -1.06. The molecule has 0 saturated heterocycles. The molecular formula is C25H29ClN2O3. The third-order valence-corrected chi connectivity index (χ3v) is 7.28. The number of carbonyl (C=O) groups is 2. The lowest BCUT2D eigenvalue weighted by molar-refractivity contribution is 0.0448. The van der Waals surface area contributed by atoms with E-state index in [4.69, 9.17) is 11.6 Å². The van der Waals surface area contributed by atoms with Crippen LogP contribution in [0.3, 0.4) is 0 Å². The van der Waals surface area contributed by atoms with Crippen molar-refractivity contribution in [3.63, 3.8) is 0 Å². The molecule has 4 rings (SSSR count). The number of carboxylic acids is 1. The van der Waals surface area contributed by atoms with Gasteiger partial charge in [-0.25, -0.2) is 4.79 Å². The number of rotatable bonds is 5. The second kappa shape index (κ2) is 8.62. The van der Waals surface area contributed by atoms with Crippen molar-refractivity contribution in [1.82, 2.24) is 10.3 Å². The van der Waals surface area contributed by atoms with Crippen LogP contribution in [-0.4, -0.2) is 28.5 Å². The van der Waals surface area contributed by atoms with Crippen molar-refractivity contribution < 1.29 is 14.7 Å². The molecule has 2 aliphatic carbocycles. The molecule has 1 amide bonds. The maximum absolute atomic E-state index is 13.0. The van der Waals surface area contributed by atoms with Crippen LogP contribution in [0.15, 0.2) is 36.7 Å². The first-order valence-corrected chi connectivity index (χ1v) is 11.4. The van der Waals surface area contributed by atoms with Crippen LogP contribution in [0.1, 0.15) is 66.7 Å². The highest BCUT2D eigenvalue weighted by molar-refractivity contribution is 6.34.